The molecule has 0 aromatic heterocycles. The molecule has 1 rings (SSSR count). The van der Waals surface area contributed by atoms with E-state index < -0.39 is 0 Å². The first-order valence-electron chi connectivity index (χ1n) is 7.62. The molecule has 0 aliphatic rings. The Morgan fingerprint density at radius 1 is 1.20 bits per heavy atom. The van der Waals surface area contributed by atoms with Crippen molar-refractivity contribution in [1.29, 1.82) is 0 Å². The number of rotatable bonds is 8. The molecule has 0 bridgehead atoms. The van der Waals surface area contributed by atoms with Crippen LogP contribution in [0.3, 0.4) is 0 Å². The lowest BCUT2D eigenvalue weighted by Gasteiger charge is -2.26. The summed E-state index contributed by atoms with van der Waals surface area (Å²) in [6.07, 6.45) is 2.24. The molecule has 0 unspecified atom stereocenters. The van der Waals surface area contributed by atoms with Gasteiger partial charge in [0.15, 0.2) is 0 Å². The molecule has 0 saturated carbocycles. The van der Waals surface area contributed by atoms with E-state index in [2.05, 4.69) is 44.8 Å². The molecule has 1 N–H and O–H groups in total. The van der Waals surface area contributed by atoms with Crippen LogP contribution in [-0.2, 0) is 5.41 Å². The van der Waals surface area contributed by atoms with E-state index in [1.54, 1.807) is 0 Å². The van der Waals surface area contributed by atoms with Crippen LogP contribution < -0.4 is 10.7 Å². The summed E-state index contributed by atoms with van der Waals surface area (Å²) >= 11 is 5.17. The Balaban J connectivity index is 2.50. The Labute approximate surface area is 128 Å². The molecule has 114 valence electrons. The third kappa shape index (κ3) is 4.13. The van der Waals surface area contributed by atoms with E-state index in [0.717, 1.165) is 43.9 Å². The summed E-state index contributed by atoms with van der Waals surface area (Å²) in [5.74, 6) is 0. The van der Waals surface area contributed by atoms with E-state index >= 15 is 0 Å². The van der Waals surface area contributed by atoms with E-state index in [-0.39, 0.29) is 10.8 Å². The summed E-state index contributed by atoms with van der Waals surface area (Å²) in [5.41, 5.74) is 1.75. The third-order valence-corrected chi connectivity index (χ3v) is 3.99. The number of nitrogens with one attached hydrogen (secondary N) is 1. The Morgan fingerprint density at radius 2 is 1.85 bits per heavy atom. The van der Waals surface area contributed by atoms with Crippen LogP contribution in [0.5, 0.6) is 0 Å². The van der Waals surface area contributed by atoms with Gasteiger partial charge in [-0.05, 0) is 37.9 Å². The fourth-order valence-electron chi connectivity index (χ4n) is 2.54. The van der Waals surface area contributed by atoms with Crippen molar-refractivity contribution in [2.45, 2.75) is 52.9 Å². The minimum Gasteiger partial charge on any atom is -0.382 e. The zero-order valence-corrected chi connectivity index (χ0v) is 14.3. The predicted octanol–water partition coefficient (Wildman–Crippen LogP) is 3.48. The van der Waals surface area contributed by atoms with Crippen LogP contribution >= 0.6 is 12.2 Å². The van der Waals surface area contributed by atoms with Gasteiger partial charge in [0.25, 0.3) is 0 Å². The van der Waals surface area contributed by atoms with Gasteiger partial charge >= 0.3 is 0 Å². The molecule has 20 heavy (non-hydrogen) atoms. The number of anilines is 1. The summed E-state index contributed by atoms with van der Waals surface area (Å²) in [6, 6.07) is 0. The number of nitrogens with zero attached hydrogens (tertiary/aromatic N) is 1. The van der Waals surface area contributed by atoms with E-state index in [1.807, 2.05) is 0 Å². The highest BCUT2D eigenvalue weighted by Crippen LogP contribution is 2.30. The molecule has 0 amide bonds. The maximum Gasteiger partial charge on any atom is 0.220 e. The summed E-state index contributed by atoms with van der Waals surface area (Å²) < 4.78 is 0.515. The van der Waals surface area contributed by atoms with E-state index in [4.69, 9.17) is 12.2 Å². The average molecular weight is 296 g/mol. The monoisotopic (exact) mass is 296 g/mol. The second-order valence-electron chi connectivity index (χ2n) is 6.37. The molecule has 0 radical (unpaired) electrons. The van der Waals surface area contributed by atoms with Crippen molar-refractivity contribution in [2.75, 3.05) is 31.5 Å². The Hall–Kier alpha value is -0.740. The van der Waals surface area contributed by atoms with Crippen LogP contribution in [0.15, 0.2) is 4.79 Å². The average Bonchev–Trinajstić information content (AvgIpc) is 2.38. The van der Waals surface area contributed by atoms with Crippen LogP contribution in [0.2, 0.25) is 0 Å². The van der Waals surface area contributed by atoms with E-state index in [9.17, 15) is 4.79 Å². The first-order valence-corrected chi connectivity index (χ1v) is 8.03. The minimum absolute atomic E-state index is 0.0193. The first-order chi connectivity index (χ1) is 9.32. The highest BCUT2D eigenvalue weighted by molar-refractivity contribution is 7.71. The van der Waals surface area contributed by atoms with Gasteiger partial charge in [-0.3, -0.25) is 4.79 Å². The molecule has 0 saturated heterocycles. The van der Waals surface area contributed by atoms with Crippen molar-refractivity contribution in [1.82, 2.24) is 4.90 Å². The Kier molecular flexibility index (Phi) is 6.34. The van der Waals surface area contributed by atoms with Crippen LogP contribution in [0.4, 0.5) is 5.69 Å². The van der Waals surface area contributed by atoms with Gasteiger partial charge in [0, 0.05) is 12.1 Å². The van der Waals surface area contributed by atoms with E-state index in [0.29, 0.717) is 4.51 Å². The summed E-state index contributed by atoms with van der Waals surface area (Å²) in [6.45, 7) is 14.8. The van der Waals surface area contributed by atoms with Crippen molar-refractivity contribution in [2.24, 2.45) is 0 Å². The zero-order chi connectivity index (χ0) is 15.3. The zero-order valence-electron chi connectivity index (χ0n) is 13.5. The Bertz CT molecular complexity index is 495. The highest BCUT2D eigenvalue weighted by Gasteiger charge is 2.27. The van der Waals surface area contributed by atoms with Crippen LogP contribution in [0.25, 0.3) is 0 Å². The molecule has 4 heteroatoms. The lowest BCUT2D eigenvalue weighted by molar-refractivity contribution is 0.288. The maximum absolute atomic E-state index is 11.8. The number of hydrogen-bond acceptors (Lipinski definition) is 4. The summed E-state index contributed by atoms with van der Waals surface area (Å²) in [4.78, 5) is 14.3. The van der Waals surface area contributed by atoms with Crippen molar-refractivity contribution in [3.05, 3.63) is 20.3 Å². The van der Waals surface area contributed by atoms with Gasteiger partial charge in [0.1, 0.15) is 0 Å². The Morgan fingerprint density at radius 3 is 2.35 bits per heavy atom. The van der Waals surface area contributed by atoms with Gasteiger partial charge in [-0.1, -0.05) is 46.8 Å². The van der Waals surface area contributed by atoms with Crippen LogP contribution in [-0.4, -0.2) is 31.1 Å². The second kappa shape index (κ2) is 7.32. The number of hydrogen-bond donors (Lipinski definition) is 1. The standard InChI is InChI=1S/C16H28N2OS/c1-6-10-18(7-2)11-8-9-17-13-12(16(3,4)5)15(20)14(13)19/h17H,6-11H2,1-5H3. The predicted molar refractivity (Wildman–Crippen MR) is 90.1 cm³/mol. The molecule has 0 aliphatic carbocycles. The fourth-order valence-corrected chi connectivity index (χ4v) is 3.05. The SMILES string of the molecule is CCCN(CC)CCCNc1c(C(C)(C)C)c(=S)c1=O. The molecule has 0 aliphatic heterocycles. The van der Waals surface area contributed by atoms with Gasteiger partial charge in [-0.25, -0.2) is 0 Å². The quantitative estimate of drug-likeness (QED) is 0.588. The van der Waals surface area contributed by atoms with Gasteiger partial charge in [0.2, 0.25) is 5.43 Å². The molecule has 1 aromatic carbocycles. The molecular weight excluding hydrogens is 268 g/mol. The van der Waals surface area contributed by atoms with Gasteiger partial charge in [-0.2, -0.15) is 0 Å². The third-order valence-electron chi connectivity index (χ3n) is 3.60. The largest absolute Gasteiger partial charge is 0.382 e. The minimum atomic E-state index is -0.0506. The molecule has 3 nitrogen and oxygen atoms in total. The van der Waals surface area contributed by atoms with Gasteiger partial charge < -0.3 is 10.2 Å². The molecular formula is C16H28N2OS. The molecule has 0 atom stereocenters. The van der Waals surface area contributed by atoms with Crippen molar-refractivity contribution >= 4 is 17.9 Å². The van der Waals surface area contributed by atoms with E-state index in [1.165, 1.54) is 6.42 Å². The van der Waals surface area contributed by atoms with Gasteiger partial charge in [-0.15, -0.1) is 0 Å². The van der Waals surface area contributed by atoms with Crippen molar-refractivity contribution < 1.29 is 0 Å². The highest BCUT2D eigenvalue weighted by atomic mass is 32.1. The van der Waals surface area contributed by atoms with Crippen LogP contribution in [0, 0.1) is 4.51 Å². The second-order valence-corrected chi connectivity index (χ2v) is 6.78. The molecule has 1 aromatic rings. The topological polar surface area (TPSA) is 32.3 Å². The summed E-state index contributed by atoms with van der Waals surface area (Å²) in [7, 11) is 0. The molecule has 0 spiro atoms. The van der Waals surface area contributed by atoms with Crippen LogP contribution in [0.1, 0.15) is 53.0 Å². The molecule has 0 heterocycles. The molecule has 0 fully saturated rings. The fraction of sp³-hybridized carbons (Fsp3) is 0.750. The lowest BCUT2D eigenvalue weighted by atomic mass is 9.83. The van der Waals surface area contributed by atoms with Gasteiger partial charge in [0.05, 0.1) is 10.2 Å². The smallest absolute Gasteiger partial charge is 0.220 e. The lowest BCUT2D eigenvalue weighted by Crippen LogP contribution is -2.30. The van der Waals surface area contributed by atoms with Crippen molar-refractivity contribution in [3.63, 3.8) is 0 Å². The maximum atomic E-state index is 11.8. The normalized spacial score (nSPS) is 12.3. The summed E-state index contributed by atoms with van der Waals surface area (Å²) in [5, 5.41) is 3.29. The first kappa shape index (κ1) is 17.3. The van der Waals surface area contributed by atoms with Crippen molar-refractivity contribution in [3.8, 4) is 0 Å².